The van der Waals surface area contributed by atoms with E-state index in [0.29, 0.717) is 41.0 Å². The first kappa shape index (κ1) is 61.6. The van der Waals surface area contributed by atoms with Crippen LogP contribution in [0.2, 0.25) is 0 Å². The zero-order chi connectivity index (χ0) is 56.8. The Morgan fingerprint density at radius 3 is 1.36 bits per heavy atom. The molecular weight excluding hydrogens is 1050 g/mol. The number of aliphatic hydroxyl groups is 1. The number of carbonyl (C=O) groups excluding carboxylic acids is 3. The third kappa shape index (κ3) is 17.9. The summed E-state index contributed by atoms with van der Waals surface area (Å²) in [7, 11) is -4.14. The van der Waals surface area contributed by atoms with Crippen molar-refractivity contribution in [2.24, 2.45) is 0 Å². The van der Waals surface area contributed by atoms with Crippen LogP contribution in [-0.4, -0.2) is 120 Å². The molecule has 4 heterocycles. The SMILES string of the molecule is O.[C-]#[N+]c1ccc(Oc2ccc(B(O)OB(O)c3ccc(Oc4ccc([N+]#[C-])c(OCCOC(C)=O)n4)cc3CO)c(CC)c2)nc1OCCOC(C)=O.[C-]#[N+]c1ccc(Oc2ccc3c(c2)COB3O)nc1OCCOC(C)=O. The molecule has 0 amide bonds. The number of aryl methyl sites for hydroxylation is 1. The van der Waals surface area contributed by atoms with E-state index in [9.17, 15) is 34.6 Å². The van der Waals surface area contributed by atoms with E-state index < -0.39 is 45.9 Å². The molecule has 3 aromatic carbocycles. The number of nitrogens with zero attached hydrogens (tertiary/aromatic N) is 6. The first-order chi connectivity index (χ1) is 38.1. The Bertz CT molecular complexity index is 3120. The van der Waals surface area contributed by atoms with Gasteiger partial charge in [-0.15, -0.1) is 0 Å². The lowest BCUT2D eigenvalue weighted by Gasteiger charge is -2.18. The largest absolute Gasteiger partial charge is 0.491 e. The van der Waals surface area contributed by atoms with Crippen LogP contribution in [0, 0.1) is 19.7 Å². The molecule has 412 valence electrons. The number of carbonyl (C=O) groups is 3. The maximum absolute atomic E-state index is 11.0. The van der Waals surface area contributed by atoms with Gasteiger partial charge in [0.1, 0.15) is 56.9 Å². The van der Waals surface area contributed by atoms with Crippen LogP contribution in [-0.2, 0) is 57.5 Å². The van der Waals surface area contributed by atoms with Crippen molar-refractivity contribution >= 4 is 72.7 Å². The Morgan fingerprint density at radius 1 is 0.588 bits per heavy atom. The number of hydrogen-bond donors (Lipinski definition) is 4. The molecule has 80 heavy (non-hydrogen) atoms. The van der Waals surface area contributed by atoms with Gasteiger partial charge in [-0.3, -0.25) is 14.4 Å². The van der Waals surface area contributed by atoms with E-state index in [1.165, 1.54) is 69.3 Å². The van der Waals surface area contributed by atoms with E-state index in [1.54, 1.807) is 42.5 Å². The van der Waals surface area contributed by atoms with Crippen molar-refractivity contribution in [3.63, 3.8) is 0 Å². The maximum atomic E-state index is 11.0. The second kappa shape index (κ2) is 30.6. The number of fused-ring (bicyclic) bond motifs is 1. The lowest BCUT2D eigenvalue weighted by molar-refractivity contribution is -0.142. The molecule has 28 heteroatoms. The van der Waals surface area contributed by atoms with Gasteiger partial charge < -0.3 is 77.5 Å². The first-order valence-electron chi connectivity index (χ1n) is 23.9. The van der Waals surface area contributed by atoms with Gasteiger partial charge in [0, 0.05) is 20.8 Å². The zero-order valence-corrected chi connectivity index (χ0v) is 43.4. The number of ether oxygens (including phenoxy) is 9. The van der Waals surface area contributed by atoms with E-state index in [2.05, 4.69) is 29.5 Å². The minimum atomic E-state index is -1.65. The summed E-state index contributed by atoms with van der Waals surface area (Å²) in [5, 5.41) is 41.7. The highest BCUT2D eigenvalue weighted by Gasteiger charge is 2.30. The molecule has 6 N–H and O–H groups in total. The molecule has 0 radical (unpaired) electrons. The molecule has 7 rings (SSSR count). The van der Waals surface area contributed by atoms with Crippen molar-refractivity contribution in [2.45, 2.75) is 47.3 Å². The molecule has 0 unspecified atom stereocenters. The minimum absolute atomic E-state index is 0. The molecule has 1 aliphatic rings. The number of aromatic nitrogens is 3. The number of rotatable bonds is 24. The fourth-order valence-corrected chi connectivity index (χ4v) is 7.08. The smallest absolute Gasteiger partial charge is 0.483 e. The quantitative estimate of drug-likeness (QED) is 0.0219. The first-order valence-corrected chi connectivity index (χ1v) is 23.9. The molecule has 0 saturated carbocycles. The summed E-state index contributed by atoms with van der Waals surface area (Å²) in [5.41, 5.74) is 3.45. The molecule has 6 aromatic rings. The molecule has 0 fully saturated rings. The highest BCUT2D eigenvalue weighted by Crippen LogP contribution is 2.33. The summed E-state index contributed by atoms with van der Waals surface area (Å²) < 4.78 is 59.0. The minimum Gasteiger partial charge on any atom is -0.483 e. The van der Waals surface area contributed by atoms with Crippen molar-refractivity contribution in [3.05, 3.63) is 142 Å². The number of aliphatic hydroxyl groups excluding tert-OH is 1. The predicted molar refractivity (Wildman–Crippen MR) is 285 cm³/mol. The van der Waals surface area contributed by atoms with Crippen LogP contribution >= 0.6 is 0 Å². The van der Waals surface area contributed by atoms with Crippen molar-refractivity contribution in [1.29, 1.82) is 0 Å². The van der Waals surface area contributed by atoms with Crippen molar-refractivity contribution in [2.75, 3.05) is 39.6 Å². The molecular formula is C52H51B3N6O19. The molecule has 0 aliphatic carbocycles. The molecule has 3 aromatic heterocycles. The average molecular weight is 1100 g/mol. The van der Waals surface area contributed by atoms with Gasteiger partial charge in [0.15, 0.2) is 0 Å². The third-order valence-corrected chi connectivity index (χ3v) is 10.7. The summed E-state index contributed by atoms with van der Waals surface area (Å²) in [5.74, 6) is 0.334. The summed E-state index contributed by atoms with van der Waals surface area (Å²) in [6.07, 6.45) is 0.454. The number of esters is 3. The zero-order valence-electron chi connectivity index (χ0n) is 43.4. The van der Waals surface area contributed by atoms with Crippen molar-refractivity contribution in [1.82, 2.24) is 15.0 Å². The van der Waals surface area contributed by atoms with Crippen LogP contribution in [0.3, 0.4) is 0 Å². The topological polar surface area (TPSA) is 317 Å². The van der Waals surface area contributed by atoms with Crippen LogP contribution in [0.5, 0.6) is 52.5 Å². The van der Waals surface area contributed by atoms with Crippen LogP contribution in [0.1, 0.15) is 44.4 Å². The fourth-order valence-electron chi connectivity index (χ4n) is 7.08. The van der Waals surface area contributed by atoms with Crippen LogP contribution in [0.25, 0.3) is 14.5 Å². The predicted octanol–water partition coefficient (Wildman–Crippen LogP) is 3.95. The Hall–Kier alpha value is -9.30. The Balaban J connectivity index is 0.000000363. The fraction of sp³-hybridized carbons (Fsp3) is 0.250. The molecule has 25 nitrogen and oxygen atoms in total. The van der Waals surface area contributed by atoms with Gasteiger partial charge in [-0.1, -0.05) is 25.1 Å². The van der Waals surface area contributed by atoms with Crippen molar-refractivity contribution < 1.29 is 91.9 Å². The molecule has 0 bridgehead atoms. The molecule has 0 spiro atoms. The van der Waals surface area contributed by atoms with Gasteiger partial charge >= 0.3 is 39.3 Å². The standard InChI is InChI=1S/C35H34B2N4O12.C17H15BN2O6.H2O/c1-6-24-19-26(51-32-13-11-30(38-4)34(40-32)49-17-15-47-22(2)43)7-9-28(24)36(45)53-37(46)29-10-8-27(20-25(29)21-42)52-33-14-12-31(39-5)35(41-33)50-18-16-48-23(3)44;1-11(21)23-7-8-24-17-15(19-2)5-6-16(20-17)26-13-3-4-14-12(9-13)10-25-18(14)22;/h7-14,19-20,42,45-46H,6,15-18,21H2,1-3H3;3-6,9,22H,7-8,10H2,1H3;1H2. The summed E-state index contributed by atoms with van der Waals surface area (Å²) in [4.78, 5) is 55.5. The number of pyridine rings is 3. The van der Waals surface area contributed by atoms with E-state index in [-0.39, 0.29) is 114 Å². The summed E-state index contributed by atoms with van der Waals surface area (Å²) in [6, 6.07) is 23.4. The molecule has 1 aliphatic heterocycles. The lowest BCUT2D eigenvalue weighted by atomic mass is 9.68. The highest BCUT2D eigenvalue weighted by molar-refractivity contribution is 6.73. The summed E-state index contributed by atoms with van der Waals surface area (Å²) >= 11 is 0. The molecule has 0 atom stereocenters. The number of hydrogen-bond acceptors (Lipinski definition) is 21. The second-order valence-electron chi connectivity index (χ2n) is 16.2. The Labute approximate surface area is 459 Å². The van der Waals surface area contributed by atoms with Crippen molar-refractivity contribution in [3.8, 4) is 52.5 Å². The normalized spacial score (nSPS) is 10.8. The van der Waals surface area contributed by atoms with Gasteiger partial charge in [0.25, 0.3) is 0 Å². The Kier molecular flexibility index (Phi) is 23.5. The monoisotopic (exact) mass is 1100 g/mol. The second-order valence-corrected chi connectivity index (χ2v) is 16.2. The maximum Gasteiger partial charge on any atom is 0.491 e. The highest BCUT2D eigenvalue weighted by atomic mass is 16.6. The number of benzene rings is 3. The van der Waals surface area contributed by atoms with Gasteiger partial charge in [-0.05, 0) is 112 Å². The van der Waals surface area contributed by atoms with Crippen LogP contribution in [0.15, 0.2) is 91.0 Å². The van der Waals surface area contributed by atoms with E-state index in [4.69, 9.17) is 71.6 Å². The van der Waals surface area contributed by atoms with Gasteiger partial charge in [0.2, 0.25) is 52.3 Å². The third-order valence-electron chi connectivity index (χ3n) is 10.7. The lowest BCUT2D eigenvalue weighted by Crippen LogP contribution is -2.47. The van der Waals surface area contributed by atoms with E-state index in [0.717, 1.165) is 5.56 Å². The van der Waals surface area contributed by atoms with Gasteiger partial charge in [-0.2, -0.15) is 15.0 Å². The van der Waals surface area contributed by atoms with Gasteiger partial charge in [0.05, 0.1) is 32.9 Å². The van der Waals surface area contributed by atoms with Crippen LogP contribution in [0.4, 0.5) is 17.1 Å². The van der Waals surface area contributed by atoms with E-state index in [1.807, 2.05) is 6.92 Å². The van der Waals surface area contributed by atoms with Gasteiger partial charge in [-0.25, -0.2) is 14.5 Å². The molecule has 0 saturated heterocycles. The van der Waals surface area contributed by atoms with Crippen LogP contribution < -0.4 is 44.8 Å². The summed E-state index contributed by atoms with van der Waals surface area (Å²) in [6.45, 7) is 27.4. The Morgan fingerprint density at radius 2 is 0.975 bits per heavy atom. The average Bonchev–Trinajstić information content (AvgIpc) is 3.82. The van der Waals surface area contributed by atoms with E-state index >= 15 is 0 Å².